The molecule has 1 aliphatic rings. The average molecular weight is 314 g/mol. The molecule has 0 aliphatic carbocycles. The summed E-state index contributed by atoms with van der Waals surface area (Å²) in [4.78, 5) is 11.8. The number of allylic oxidation sites excluding steroid dienone is 6. The van der Waals surface area contributed by atoms with E-state index in [4.69, 9.17) is 22.1 Å². The molecule has 1 aromatic carbocycles. The third kappa shape index (κ3) is 3.59. The van der Waals surface area contributed by atoms with Gasteiger partial charge in [0.2, 0.25) is 0 Å². The summed E-state index contributed by atoms with van der Waals surface area (Å²) in [6.07, 6.45) is 6.99. The van der Waals surface area contributed by atoms with E-state index in [-0.39, 0.29) is 5.97 Å². The number of fused-ring (bicyclic) bond motifs is 1. The van der Waals surface area contributed by atoms with Gasteiger partial charge in [0.25, 0.3) is 0 Å². The van der Waals surface area contributed by atoms with Crippen LogP contribution in [-0.4, -0.2) is 5.97 Å². The molecule has 0 bridgehead atoms. The van der Waals surface area contributed by atoms with Crippen LogP contribution in [-0.2, 0) is 4.74 Å². The number of cyclic esters (lactones) is 1. The lowest BCUT2D eigenvalue weighted by Crippen LogP contribution is -1.96. The highest BCUT2D eigenvalue weighted by Gasteiger charge is 2.25. The minimum atomic E-state index is -0.373. The van der Waals surface area contributed by atoms with E-state index in [1.165, 1.54) is 0 Å². The lowest BCUT2D eigenvalue weighted by molar-refractivity contribution is 0.0716. The number of esters is 1. The average Bonchev–Trinajstić information content (AvgIpc) is 2.80. The molecule has 0 saturated heterocycles. The summed E-state index contributed by atoms with van der Waals surface area (Å²) in [7, 11) is 0. The lowest BCUT2D eigenvalue weighted by Gasteiger charge is -1.99. The number of nitrogens with two attached hydrogens (primary N) is 1. The van der Waals surface area contributed by atoms with Gasteiger partial charge in [-0.2, -0.15) is 0 Å². The number of ether oxygens (including phenoxy) is 1. The minimum absolute atomic E-state index is 0.373. The molecule has 0 aromatic heterocycles. The fourth-order valence-corrected chi connectivity index (χ4v) is 2.13. The molecule has 112 valence electrons. The van der Waals surface area contributed by atoms with Crippen molar-refractivity contribution in [2.45, 2.75) is 13.8 Å². The van der Waals surface area contributed by atoms with Crippen molar-refractivity contribution >= 4 is 23.3 Å². The van der Waals surface area contributed by atoms with Crippen LogP contribution in [0.15, 0.2) is 70.6 Å². The molecule has 0 amide bonds. The third-order valence-corrected chi connectivity index (χ3v) is 3.09. The van der Waals surface area contributed by atoms with Crippen LogP contribution in [0.4, 0.5) is 0 Å². The highest BCUT2D eigenvalue weighted by Crippen LogP contribution is 2.28. The fourth-order valence-electron chi connectivity index (χ4n) is 2.01. The standard InChI is InChI=1S/C18H16ClNO2/c1-3-6-16(20)13(11-12(2)19)9-10-17-14-7-4-5-8-15(14)18(21)22-17/h3-9,11H,20H2,1-2H3/b6-3-,12-11+,16-13+. The predicted molar refractivity (Wildman–Crippen MR) is 89.0 cm³/mol. The van der Waals surface area contributed by atoms with Crippen LogP contribution in [0.3, 0.4) is 0 Å². The Balaban J connectivity index is 2.51. The zero-order chi connectivity index (χ0) is 16.1. The zero-order valence-corrected chi connectivity index (χ0v) is 13.1. The Morgan fingerprint density at radius 1 is 1.32 bits per heavy atom. The number of hydrogen-bond acceptors (Lipinski definition) is 3. The van der Waals surface area contributed by atoms with Gasteiger partial charge in [0.1, 0.15) is 0 Å². The minimum Gasteiger partial charge on any atom is -0.414 e. The molecule has 0 radical (unpaired) electrons. The molecule has 0 fully saturated rings. The number of carbonyl (C=O) groups is 1. The van der Waals surface area contributed by atoms with Crippen LogP contribution >= 0.6 is 11.6 Å². The van der Waals surface area contributed by atoms with E-state index in [0.29, 0.717) is 27.6 Å². The maximum atomic E-state index is 11.8. The van der Waals surface area contributed by atoms with E-state index in [1.807, 2.05) is 25.1 Å². The highest BCUT2D eigenvalue weighted by atomic mass is 35.5. The van der Waals surface area contributed by atoms with E-state index in [0.717, 1.165) is 5.56 Å². The number of halogens is 1. The molecule has 1 aromatic rings. The Morgan fingerprint density at radius 2 is 2.00 bits per heavy atom. The normalized spacial score (nSPS) is 15.3. The van der Waals surface area contributed by atoms with Crippen molar-refractivity contribution in [2.24, 2.45) is 5.73 Å². The molecule has 4 heteroatoms. The van der Waals surface area contributed by atoms with Crippen molar-refractivity contribution < 1.29 is 9.53 Å². The second kappa shape index (κ2) is 6.99. The fraction of sp³-hybridized carbons (Fsp3) is 0.111. The molecule has 2 N–H and O–H groups in total. The van der Waals surface area contributed by atoms with E-state index in [2.05, 4.69) is 5.73 Å². The monoisotopic (exact) mass is 313 g/mol. The van der Waals surface area contributed by atoms with Gasteiger partial charge in [-0.15, -0.1) is 0 Å². The van der Waals surface area contributed by atoms with Gasteiger partial charge in [-0.25, -0.2) is 4.79 Å². The van der Waals surface area contributed by atoms with Crippen LogP contribution in [0.25, 0.3) is 5.76 Å². The van der Waals surface area contributed by atoms with Gasteiger partial charge < -0.3 is 10.5 Å². The Kier molecular flexibility index (Phi) is 5.05. The first-order chi connectivity index (χ1) is 10.5. The number of rotatable bonds is 3. The Bertz CT molecular complexity index is 759. The van der Waals surface area contributed by atoms with Crippen molar-refractivity contribution in [3.8, 4) is 0 Å². The summed E-state index contributed by atoms with van der Waals surface area (Å²) >= 11 is 5.92. The molecule has 1 heterocycles. The second-order valence-corrected chi connectivity index (χ2v) is 5.29. The molecule has 0 unspecified atom stereocenters. The van der Waals surface area contributed by atoms with Gasteiger partial charge in [0.05, 0.1) is 5.56 Å². The van der Waals surface area contributed by atoms with Gasteiger partial charge in [-0.3, -0.25) is 0 Å². The zero-order valence-electron chi connectivity index (χ0n) is 12.4. The third-order valence-electron chi connectivity index (χ3n) is 2.98. The van der Waals surface area contributed by atoms with Gasteiger partial charge >= 0.3 is 5.97 Å². The van der Waals surface area contributed by atoms with Crippen molar-refractivity contribution in [1.82, 2.24) is 0 Å². The Morgan fingerprint density at radius 3 is 2.64 bits per heavy atom. The predicted octanol–water partition coefficient (Wildman–Crippen LogP) is 4.28. The summed E-state index contributed by atoms with van der Waals surface area (Å²) in [5.41, 5.74) is 11.5. The van der Waals surface area contributed by atoms with Gasteiger partial charge in [0.15, 0.2) is 5.76 Å². The molecule has 0 atom stereocenters. The quantitative estimate of drug-likeness (QED) is 0.514. The first kappa shape index (κ1) is 15.9. The molecule has 0 spiro atoms. The van der Waals surface area contributed by atoms with Crippen molar-refractivity contribution in [2.75, 3.05) is 0 Å². The number of hydrogen-bond donors (Lipinski definition) is 1. The largest absolute Gasteiger partial charge is 0.414 e. The number of benzene rings is 1. The van der Waals surface area contributed by atoms with Crippen molar-refractivity contribution in [1.29, 1.82) is 0 Å². The summed E-state index contributed by atoms with van der Waals surface area (Å²) in [6, 6.07) is 7.18. The summed E-state index contributed by atoms with van der Waals surface area (Å²) < 4.78 is 5.23. The molecule has 2 rings (SSSR count). The molecule has 3 nitrogen and oxygen atoms in total. The van der Waals surface area contributed by atoms with Gasteiger partial charge in [0, 0.05) is 21.9 Å². The van der Waals surface area contributed by atoms with Crippen LogP contribution in [0, 0.1) is 0 Å². The summed E-state index contributed by atoms with van der Waals surface area (Å²) in [5.74, 6) is 0.00882. The van der Waals surface area contributed by atoms with Crippen LogP contribution in [0.1, 0.15) is 29.8 Å². The van der Waals surface area contributed by atoms with Crippen LogP contribution < -0.4 is 5.73 Å². The van der Waals surface area contributed by atoms with E-state index in [1.54, 1.807) is 37.3 Å². The first-order valence-electron chi connectivity index (χ1n) is 6.77. The van der Waals surface area contributed by atoms with E-state index in [9.17, 15) is 4.79 Å². The van der Waals surface area contributed by atoms with Gasteiger partial charge in [-0.05, 0) is 44.2 Å². The van der Waals surface area contributed by atoms with Gasteiger partial charge in [-0.1, -0.05) is 35.5 Å². The molecular weight excluding hydrogens is 298 g/mol. The smallest absolute Gasteiger partial charge is 0.344 e. The number of carbonyl (C=O) groups excluding carboxylic acids is 1. The first-order valence-corrected chi connectivity index (χ1v) is 7.15. The van der Waals surface area contributed by atoms with Crippen molar-refractivity contribution in [3.63, 3.8) is 0 Å². The molecular formula is C18H16ClNO2. The van der Waals surface area contributed by atoms with Crippen molar-refractivity contribution in [3.05, 3.63) is 81.7 Å². The molecule has 22 heavy (non-hydrogen) atoms. The second-order valence-electron chi connectivity index (χ2n) is 4.69. The summed E-state index contributed by atoms with van der Waals surface area (Å²) in [5, 5.41) is 0.592. The van der Waals surface area contributed by atoms with E-state index < -0.39 is 0 Å². The maximum absolute atomic E-state index is 11.8. The maximum Gasteiger partial charge on any atom is 0.344 e. The molecule has 0 saturated carbocycles. The van der Waals surface area contributed by atoms with E-state index >= 15 is 0 Å². The highest BCUT2D eigenvalue weighted by molar-refractivity contribution is 6.29. The van der Waals surface area contributed by atoms with Crippen LogP contribution in [0.5, 0.6) is 0 Å². The summed E-state index contributed by atoms with van der Waals surface area (Å²) in [6.45, 7) is 3.63. The Labute approximate surface area is 134 Å². The SMILES string of the molecule is C\C=C/C(N)=C(C=C=C1OC(=O)c2ccccc21)\C=C(/C)Cl. The van der Waals surface area contributed by atoms with Crippen LogP contribution in [0.2, 0.25) is 0 Å². The Hall–Kier alpha value is -2.48. The topological polar surface area (TPSA) is 52.3 Å². The lowest BCUT2D eigenvalue weighted by atomic mass is 10.1. The molecule has 1 aliphatic heterocycles.